The Kier molecular flexibility index (Phi) is 69.5. The van der Waals surface area contributed by atoms with E-state index in [4.69, 9.17) is 47.4 Å². The van der Waals surface area contributed by atoms with Crippen molar-refractivity contribution in [2.75, 3.05) is 158 Å². The van der Waals surface area contributed by atoms with Gasteiger partial charge in [0.1, 0.15) is 37.4 Å². The van der Waals surface area contributed by atoms with Crippen LogP contribution in [0.1, 0.15) is 251 Å². The molecule has 0 bridgehead atoms. The highest BCUT2D eigenvalue weighted by atomic mass is 17.0. The third-order valence-electron chi connectivity index (χ3n) is 20.1. The summed E-state index contributed by atoms with van der Waals surface area (Å²) in [7, 11) is 0. The van der Waals surface area contributed by atoms with E-state index >= 15 is 0 Å². The van der Waals surface area contributed by atoms with Crippen LogP contribution in [-0.2, 0) is 110 Å². The fraction of sp³-hybridized carbons (Fsp3) is 0.872. The van der Waals surface area contributed by atoms with Crippen molar-refractivity contribution in [3.05, 3.63) is 80.9 Å². The number of ether oxygens (including phenoxy) is 10. The van der Waals surface area contributed by atoms with Crippen molar-refractivity contribution in [2.45, 2.75) is 282 Å². The highest BCUT2D eigenvalue weighted by Crippen LogP contribution is 2.26. The zero-order valence-corrected chi connectivity index (χ0v) is 76.8. The molecule has 5 saturated heterocycles. The van der Waals surface area contributed by atoms with Crippen LogP contribution < -0.4 is 0 Å². The van der Waals surface area contributed by atoms with E-state index in [1.165, 1.54) is 24.5 Å². The van der Waals surface area contributed by atoms with Crippen LogP contribution in [0.15, 0.2) is 0 Å². The highest BCUT2D eigenvalue weighted by molar-refractivity contribution is 5.88. The van der Waals surface area contributed by atoms with Gasteiger partial charge in [0.15, 0.2) is 5.78 Å². The number of esters is 4. The number of nitrogens with zero attached hydrogens (tertiary/aromatic N) is 13. The van der Waals surface area contributed by atoms with Crippen molar-refractivity contribution in [2.24, 2.45) is 0 Å². The number of hydrogen-bond acceptors (Lipinski definition) is 44. The number of Topliss-reactive ketones (excluding diaryl/α,β-unsaturated/α-hetero) is 1. The molecule has 5 aliphatic rings. The predicted molar refractivity (Wildman–Crippen MR) is 455 cm³/mol. The molecule has 774 valence electrons. The molecular weight excluding hydrogens is 1820 g/mol. The summed E-state index contributed by atoms with van der Waals surface area (Å²) in [5, 5.41) is 73.0. The quantitative estimate of drug-likeness (QED) is 0.0179. The minimum atomic E-state index is -0.933. The monoisotopic (exact) mass is 1960 g/mol. The van der Waals surface area contributed by atoms with Crippen molar-refractivity contribution in [1.29, 1.82) is 0 Å². The molecule has 0 aromatic rings. The second-order valence-electron chi connectivity index (χ2n) is 30.3. The number of carbonyl (C=O) groups excluding carboxylic acids is 10. The Morgan fingerprint density at radius 2 is 0.415 bits per heavy atom. The Hall–Kier alpha value is -12.5. The molecule has 0 aromatic heterocycles. The first kappa shape index (κ1) is 120. The Labute approximate surface area is 777 Å². The zero-order valence-electron chi connectivity index (χ0n) is 76.8. The zero-order chi connectivity index (χ0) is 100. The van der Waals surface area contributed by atoms with Crippen LogP contribution >= 0.6 is 0 Å². The number of rotatable bonds is 68. The minimum absolute atomic E-state index is 0.00681. The number of ketones is 1. The normalized spacial score (nSPS) is 16.0. The lowest BCUT2D eigenvalue weighted by atomic mass is 10.0. The molecule has 5 unspecified atom stereocenters. The predicted octanol–water partition coefficient (Wildman–Crippen LogP) is 9.93. The second-order valence-corrected chi connectivity index (χ2v) is 30.3. The van der Waals surface area contributed by atoms with Gasteiger partial charge < -0.3 is 86.1 Å². The molecule has 0 aliphatic carbocycles. The van der Waals surface area contributed by atoms with Crippen LogP contribution in [0.3, 0.4) is 0 Å². The smallest absolute Gasteiger partial charge is 0.410 e. The van der Waals surface area contributed by atoms with Crippen LogP contribution in [0.25, 0.3) is 0 Å². The summed E-state index contributed by atoms with van der Waals surface area (Å²) in [6, 6.07) is -2.99. The summed E-state index contributed by atoms with van der Waals surface area (Å²) in [5.41, 5.74) is 0. The van der Waals surface area contributed by atoms with Gasteiger partial charge in [-0.25, -0.2) is 43.2 Å². The van der Waals surface area contributed by atoms with Crippen molar-refractivity contribution in [1.82, 2.24) is 24.5 Å². The number of amides is 5. The number of likely N-dealkylation sites (tertiary alicyclic amines) is 5. The van der Waals surface area contributed by atoms with E-state index in [-0.39, 0.29) is 137 Å². The molecule has 5 amide bonds. The minimum Gasteiger partial charge on any atom is -0.464 e. The Morgan fingerprint density at radius 3 is 0.674 bits per heavy atom. The van der Waals surface area contributed by atoms with Gasteiger partial charge in [-0.3, -0.25) is 29.3 Å². The lowest BCUT2D eigenvalue weighted by molar-refractivity contribution is -0.758. The topological polar surface area (TPSA) is 698 Å². The van der Waals surface area contributed by atoms with Crippen LogP contribution in [0.2, 0.25) is 0 Å². The fourth-order valence-electron chi connectivity index (χ4n) is 13.3. The standard InChI is InChI=1S/C18H31N3O10.C16H27N3O10.C16H28N2O6.C14H23N3O11.C14H24N2O7/c22-17(28-12-5-1-3-7-14-30-20(24)25)16-10-9-11-19(16)18(23)29-13-6-2-4-8-15-31-21(26)27;20-15(26-10-5-6-13-29-19(24)25)14-8-7-9-17(14)16(21)27-11-3-1-2-4-12-28-18(22)23;1-2-3-4-5-10-15(19)14-9-8-11-17(14)16(20)23-12-6-7-13-24-18(21)22;18-13(25-10-8-24-9-11-28-17(22)23)12-4-3-5-15(12)14(19)26-6-1-2-7-27-16(20)21;1-2-3-9-21-13(17)12-7-6-8-15(12)14(18)22-10-4-5-11-23-16(19)20/h16H,1-15H2;14H,1-13H2;14H,2-13H2,1H3;12H,1-11H2;12H,2-11H2,1H3. The summed E-state index contributed by atoms with van der Waals surface area (Å²) in [6.45, 7) is 7.55. The Bertz CT molecular complexity index is 3430. The molecule has 5 fully saturated rings. The molecule has 5 atom stereocenters. The van der Waals surface area contributed by atoms with Gasteiger partial charge in [0, 0.05) is 39.1 Å². The first-order valence-corrected chi connectivity index (χ1v) is 45.5. The molecule has 57 nitrogen and oxygen atoms in total. The van der Waals surface area contributed by atoms with Crippen molar-refractivity contribution < 1.29 is 175 Å². The molecular formula is C78H133N13O44. The van der Waals surface area contributed by atoms with Gasteiger partial charge >= 0.3 is 54.3 Å². The van der Waals surface area contributed by atoms with Crippen LogP contribution in [0.5, 0.6) is 0 Å². The molecule has 5 aliphatic heterocycles. The van der Waals surface area contributed by atoms with Gasteiger partial charge in [0.05, 0.1) is 118 Å². The maximum Gasteiger partial charge on any atom is 0.410 e. The largest absolute Gasteiger partial charge is 0.464 e. The van der Waals surface area contributed by atoms with Gasteiger partial charge in [-0.05, 0) is 186 Å². The lowest BCUT2D eigenvalue weighted by Gasteiger charge is -2.23. The third-order valence-corrected chi connectivity index (χ3v) is 20.1. The van der Waals surface area contributed by atoms with Gasteiger partial charge in [0.2, 0.25) is 0 Å². The summed E-state index contributed by atoms with van der Waals surface area (Å²) < 4.78 is 51.3. The molecule has 0 spiro atoms. The fourth-order valence-corrected chi connectivity index (χ4v) is 13.3. The third kappa shape index (κ3) is 61.8. The first-order chi connectivity index (χ1) is 64.9. The van der Waals surface area contributed by atoms with E-state index < -0.39 is 113 Å². The average Bonchev–Trinajstić information content (AvgIpc) is 1.78. The van der Waals surface area contributed by atoms with Crippen molar-refractivity contribution >= 4 is 60.1 Å². The maximum absolute atomic E-state index is 12.3. The summed E-state index contributed by atoms with van der Waals surface area (Å²) in [6.07, 6.45) is 21.3. The first-order valence-electron chi connectivity index (χ1n) is 45.5. The van der Waals surface area contributed by atoms with Crippen molar-refractivity contribution in [3.63, 3.8) is 0 Å². The van der Waals surface area contributed by atoms with Gasteiger partial charge in [-0.15, -0.1) is 80.9 Å². The van der Waals surface area contributed by atoms with Crippen LogP contribution in [0, 0.1) is 80.9 Å². The molecule has 0 aromatic carbocycles. The lowest BCUT2D eigenvalue weighted by Crippen LogP contribution is -2.42. The van der Waals surface area contributed by atoms with E-state index in [2.05, 4.69) is 45.6 Å². The second kappa shape index (κ2) is 77.9. The maximum atomic E-state index is 12.3. The Balaban J connectivity index is 0.000000847. The molecule has 5 heterocycles. The molecule has 0 N–H and O–H groups in total. The average molecular weight is 1960 g/mol. The summed E-state index contributed by atoms with van der Waals surface area (Å²) >= 11 is 0. The van der Waals surface area contributed by atoms with Crippen LogP contribution in [0.4, 0.5) is 24.0 Å². The van der Waals surface area contributed by atoms with Crippen LogP contribution in [-0.4, -0.2) is 314 Å². The molecule has 0 saturated carbocycles. The van der Waals surface area contributed by atoms with Crippen molar-refractivity contribution in [3.8, 4) is 0 Å². The molecule has 135 heavy (non-hydrogen) atoms. The molecule has 0 radical (unpaired) electrons. The number of unbranched alkanes of at least 4 members (excludes halogenated alkanes) is 17. The van der Waals surface area contributed by atoms with E-state index in [1.54, 1.807) is 0 Å². The van der Waals surface area contributed by atoms with E-state index in [0.717, 1.165) is 89.9 Å². The molecule has 57 heteroatoms. The SMILES string of the molecule is CCCCCCC(=O)C1CCCN1C(=O)OCCCCO[N+](=O)[O-].CCCCOC(=O)C1CCCN1C(=O)OCCCCO[N+](=O)[O-].O=C(OCCCCCCO[N+](=O)[O-])C1CCCN1C(=O)OCCCCCCO[N+](=O)[O-].O=C(OCCCCO[N+](=O)[O-])C1CCCN1C(=O)OCCCCCCO[N+](=O)[O-].O=C(OCCOCCO[N+](=O)[O-])C1CCCN1C(=O)OCCCCO[N+](=O)[O-]. The van der Waals surface area contributed by atoms with E-state index in [1.807, 2.05) is 6.92 Å². The van der Waals surface area contributed by atoms with E-state index in [0.29, 0.717) is 187 Å². The Morgan fingerprint density at radius 1 is 0.222 bits per heavy atom. The van der Waals surface area contributed by atoms with Gasteiger partial charge in [-0.1, -0.05) is 58.8 Å². The summed E-state index contributed by atoms with van der Waals surface area (Å²) in [4.78, 5) is 241. The summed E-state index contributed by atoms with van der Waals surface area (Å²) in [5.74, 6) is -1.80. The van der Waals surface area contributed by atoms with Gasteiger partial charge in [-0.2, -0.15) is 0 Å². The van der Waals surface area contributed by atoms with Gasteiger partial charge in [0.25, 0.3) is 40.7 Å². The number of hydrogen-bond donors (Lipinski definition) is 0. The highest BCUT2D eigenvalue weighted by Gasteiger charge is 2.41. The number of carbonyl (C=O) groups is 10. The van der Waals surface area contributed by atoms with E-state index in [9.17, 15) is 129 Å². The molecule has 5 rings (SSSR count).